The maximum Gasteiger partial charge on any atom is 0.122 e. The van der Waals surface area contributed by atoms with Gasteiger partial charge in [0.15, 0.2) is 0 Å². The van der Waals surface area contributed by atoms with Crippen LogP contribution in [0, 0.1) is 0 Å². The standard InChI is InChI=1S/C26H33N3O/c1-27-23-10-5-9-20-21-17-28(15-6-8-19-7-3-4-11-24(19)30-2)16-12-22(21)29(25(20)23)18-26(27)13-14-26/h3-5,7,9-11,21-22H,6,8,12-18H2,1-2H3/t21-,22-/m0/s1. The Kier molecular flexibility index (Phi) is 4.28. The highest BCUT2D eigenvalue weighted by molar-refractivity contribution is 5.82. The van der Waals surface area contributed by atoms with Crippen LogP contribution in [0.5, 0.6) is 5.75 Å². The number of hydrogen-bond donors (Lipinski definition) is 0. The minimum atomic E-state index is 0.423. The molecule has 6 rings (SSSR count). The molecule has 0 bridgehead atoms. The van der Waals surface area contributed by atoms with Crippen molar-refractivity contribution in [3.8, 4) is 5.75 Å². The number of aryl methyl sites for hydroxylation is 1. The van der Waals surface area contributed by atoms with E-state index in [4.69, 9.17) is 4.74 Å². The Morgan fingerprint density at radius 1 is 1.10 bits per heavy atom. The summed E-state index contributed by atoms with van der Waals surface area (Å²) in [6.45, 7) is 4.86. The minimum absolute atomic E-state index is 0.423. The number of ether oxygens (including phenoxy) is 1. The van der Waals surface area contributed by atoms with E-state index in [1.54, 1.807) is 18.4 Å². The number of benzene rings is 2. The molecule has 2 aromatic rings. The summed E-state index contributed by atoms with van der Waals surface area (Å²) in [6, 6.07) is 16.2. The number of methoxy groups -OCH3 is 1. The summed E-state index contributed by atoms with van der Waals surface area (Å²) in [5.74, 6) is 1.70. The van der Waals surface area contributed by atoms with Gasteiger partial charge in [0.05, 0.1) is 24.0 Å². The Balaban J connectivity index is 1.17. The van der Waals surface area contributed by atoms with Crippen molar-refractivity contribution in [2.45, 2.75) is 49.6 Å². The molecule has 0 unspecified atom stereocenters. The molecule has 4 aliphatic rings. The third-order valence-corrected chi connectivity index (χ3v) is 8.27. The first kappa shape index (κ1) is 18.6. The van der Waals surface area contributed by atoms with Crippen LogP contribution in [0.25, 0.3) is 0 Å². The van der Waals surface area contributed by atoms with Gasteiger partial charge in [0, 0.05) is 38.6 Å². The molecule has 2 aromatic carbocycles. The maximum absolute atomic E-state index is 5.53. The van der Waals surface area contributed by atoms with E-state index in [0.29, 0.717) is 17.5 Å². The normalized spacial score (nSPS) is 25.9. The Labute approximate surface area is 180 Å². The van der Waals surface area contributed by atoms with E-state index in [1.807, 2.05) is 0 Å². The predicted molar refractivity (Wildman–Crippen MR) is 123 cm³/mol. The van der Waals surface area contributed by atoms with Gasteiger partial charge in [-0.2, -0.15) is 0 Å². The maximum atomic E-state index is 5.53. The van der Waals surface area contributed by atoms with Crippen molar-refractivity contribution in [3.05, 3.63) is 53.6 Å². The van der Waals surface area contributed by atoms with Crippen molar-refractivity contribution >= 4 is 11.4 Å². The minimum Gasteiger partial charge on any atom is -0.496 e. The number of nitrogens with zero attached hydrogens (tertiary/aromatic N) is 3. The van der Waals surface area contributed by atoms with Crippen LogP contribution in [0.4, 0.5) is 11.4 Å². The Morgan fingerprint density at radius 2 is 1.97 bits per heavy atom. The van der Waals surface area contributed by atoms with Crippen molar-refractivity contribution in [2.24, 2.45) is 0 Å². The van der Waals surface area contributed by atoms with Gasteiger partial charge in [0.25, 0.3) is 0 Å². The van der Waals surface area contributed by atoms with E-state index in [0.717, 1.165) is 12.2 Å². The fourth-order valence-corrected chi connectivity index (χ4v) is 6.40. The second kappa shape index (κ2) is 6.91. The van der Waals surface area contributed by atoms with Crippen LogP contribution in [0.3, 0.4) is 0 Å². The molecule has 4 heteroatoms. The van der Waals surface area contributed by atoms with Gasteiger partial charge in [-0.1, -0.05) is 30.3 Å². The Hall–Kier alpha value is -2.20. The molecule has 1 spiro atoms. The highest BCUT2D eigenvalue weighted by atomic mass is 16.5. The topological polar surface area (TPSA) is 19.0 Å². The van der Waals surface area contributed by atoms with E-state index >= 15 is 0 Å². The van der Waals surface area contributed by atoms with E-state index in [2.05, 4.69) is 64.2 Å². The SMILES string of the molecule is COc1ccccc1CCCN1CC[C@H]2[C@@H](C1)c1cccc3c1N2CC1(CC1)N3C. The molecule has 2 atom stereocenters. The lowest BCUT2D eigenvalue weighted by Gasteiger charge is -2.46. The average molecular weight is 404 g/mol. The number of anilines is 2. The van der Waals surface area contributed by atoms with Gasteiger partial charge >= 0.3 is 0 Å². The molecule has 1 saturated carbocycles. The summed E-state index contributed by atoms with van der Waals surface area (Å²) in [6.07, 6.45) is 6.30. The van der Waals surface area contributed by atoms with Crippen molar-refractivity contribution in [3.63, 3.8) is 0 Å². The van der Waals surface area contributed by atoms with Gasteiger partial charge < -0.3 is 19.4 Å². The predicted octanol–water partition coefficient (Wildman–Crippen LogP) is 4.29. The zero-order valence-electron chi connectivity index (χ0n) is 18.3. The number of rotatable bonds is 5. The fourth-order valence-electron chi connectivity index (χ4n) is 6.40. The lowest BCUT2D eigenvalue weighted by molar-refractivity contribution is 0.190. The monoisotopic (exact) mass is 403 g/mol. The summed E-state index contributed by atoms with van der Waals surface area (Å²) < 4.78 is 5.53. The molecule has 3 aliphatic heterocycles. The quantitative estimate of drug-likeness (QED) is 0.741. The molecule has 30 heavy (non-hydrogen) atoms. The molecule has 1 saturated heterocycles. The van der Waals surface area contributed by atoms with Crippen LogP contribution in [-0.4, -0.2) is 56.8 Å². The van der Waals surface area contributed by atoms with E-state index in [-0.39, 0.29) is 0 Å². The fraction of sp³-hybridized carbons (Fsp3) is 0.538. The molecule has 4 nitrogen and oxygen atoms in total. The first-order valence-corrected chi connectivity index (χ1v) is 11.7. The summed E-state index contributed by atoms with van der Waals surface area (Å²) >= 11 is 0. The third kappa shape index (κ3) is 2.76. The third-order valence-electron chi connectivity index (χ3n) is 8.27. The Bertz CT molecular complexity index is 953. The van der Waals surface area contributed by atoms with Crippen molar-refractivity contribution < 1.29 is 4.74 Å². The largest absolute Gasteiger partial charge is 0.496 e. The molecule has 3 heterocycles. The summed E-state index contributed by atoms with van der Waals surface area (Å²) in [7, 11) is 4.10. The molecular formula is C26H33N3O. The molecule has 0 N–H and O–H groups in total. The van der Waals surface area contributed by atoms with E-state index < -0.39 is 0 Å². The summed E-state index contributed by atoms with van der Waals surface area (Å²) in [5.41, 5.74) is 6.40. The second-order valence-corrected chi connectivity index (χ2v) is 9.80. The van der Waals surface area contributed by atoms with Crippen molar-refractivity contribution in [1.82, 2.24) is 4.90 Å². The first-order valence-electron chi connectivity index (χ1n) is 11.7. The molecule has 2 fully saturated rings. The number of para-hydroxylation sites is 2. The number of hydrogen-bond acceptors (Lipinski definition) is 4. The zero-order valence-corrected chi connectivity index (χ0v) is 18.3. The van der Waals surface area contributed by atoms with Gasteiger partial charge in [0.1, 0.15) is 5.75 Å². The Morgan fingerprint density at radius 3 is 2.80 bits per heavy atom. The van der Waals surface area contributed by atoms with Gasteiger partial charge in [-0.05, 0) is 61.9 Å². The van der Waals surface area contributed by atoms with Crippen LogP contribution in [-0.2, 0) is 6.42 Å². The van der Waals surface area contributed by atoms with Crippen LogP contribution in [0.15, 0.2) is 42.5 Å². The van der Waals surface area contributed by atoms with Crippen LogP contribution in [0.1, 0.15) is 42.7 Å². The average Bonchev–Trinajstić information content (AvgIpc) is 3.50. The molecule has 0 amide bonds. The first-order chi connectivity index (χ1) is 14.7. The van der Waals surface area contributed by atoms with Gasteiger partial charge in [0.2, 0.25) is 0 Å². The lowest BCUT2D eigenvalue weighted by Crippen LogP contribution is -2.54. The highest BCUT2D eigenvalue weighted by Crippen LogP contribution is 2.57. The number of likely N-dealkylation sites (N-methyl/N-ethyl adjacent to an activating group) is 1. The molecule has 158 valence electrons. The van der Waals surface area contributed by atoms with E-state index in [9.17, 15) is 0 Å². The van der Waals surface area contributed by atoms with Crippen molar-refractivity contribution in [1.29, 1.82) is 0 Å². The molecule has 1 aliphatic carbocycles. The summed E-state index contributed by atoms with van der Waals surface area (Å²) in [4.78, 5) is 8.13. The number of piperidine rings is 1. The summed E-state index contributed by atoms with van der Waals surface area (Å²) in [5, 5.41) is 0. The zero-order chi connectivity index (χ0) is 20.3. The highest BCUT2D eigenvalue weighted by Gasteiger charge is 2.56. The van der Waals surface area contributed by atoms with Crippen LogP contribution < -0.4 is 14.5 Å². The smallest absolute Gasteiger partial charge is 0.122 e. The van der Waals surface area contributed by atoms with Gasteiger partial charge in [-0.25, -0.2) is 0 Å². The van der Waals surface area contributed by atoms with Crippen molar-refractivity contribution in [2.75, 3.05) is 50.1 Å². The molecule has 0 radical (unpaired) electrons. The lowest BCUT2D eigenvalue weighted by atomic mass is 9.89. The number of likely N-dealkylation sites (tertiary alicyclic amines) is 1. The number of fused-ring (bicyclic) bond motifs is 3. The molecule has 0 aromatic heterocycles. The van der Waals surface area contributed by atoms with Gasteiger partial charge in [-0.3, -0.25) is 0 Å². The van der Waals surface area contributed by atoms with Crippen LogP contribution >= 0.6 is 0 Å². The van der Waals surface area contributed by atoms with Crippen LogP contribution in [0.2, 0.25) is 0 Å². The molecular weight excluding hydrogens is 370 g/mol. The second-order valence-electron chi connectivity index (χ2n) is 9.80. The van der Waals surface area contributed by atoms with Gasteiger partial charge in [-0.15, -0.1) is 0 Å². The van der Waals surface area contributed by atoms with E-state index in [1.165, 1.54) is 63.1 Å².